The number of hydrogen-bond acceptors (Lipinski definition) is 6. The Bertz CT molecular complexity index is 1440. The van der Waals surface area contributed by atoms with Crippen molar-refractivity contribution in [2.75, 3.05) is 24.7 Å². The molecule has 0 aliphatic carbocycles. The fourth-order valence-electron chi connectivity index (χ4n) is 4.28. The fraction of sp³-hybridized carbons (Fsp3) is 0.292. The van der Waals surface area contributed by atoms with Crippen LogP contribution in [0.4, 0.5) is 5.82 Å². The van der Waals surface area contributed by atoms with E-state index in [2.05, 4.69) is 15.3 Å². The summed E-state index contributed by atoms with van der Waals surface area (Å²) >= 11 is 6.56. The number of imidazole rings is 1. The van der Waals surface area contributed by atoms with Gasteiger partial charge in [-0.1, -0.05) is 41.4 Å². The van der Waals surface area contributed by atoms with E-state index in [1.165, 1.54) is 16.9 Å². The van der Waals surface area contributed by atoms with Gasteiger partial charge in [-0.2, -0.15) is 0 Å². The highest BCUT2D eigenvalue weighted by Crippen LogP contribution is 2.34. The molecule has 5 rings (SSSR count). The summed E-state index contributed by atoms with van der Waals surface area (Å²) in [5, 5.41) is 4.08. The minimum atomic E-state index is -3.18. The van der Waals surface area contributed by atoms with Crippen LogP contribution in [0.1, 0.15) is 18.4 Å². The third-order valence-electron chi connectivity index (χ3n) is 6.11. The molecule has 1 fully saturated rings. The summed E-state index contributed by atoms with van der Waals surface area (Å²) in [6.45, 7) is 3.00. The summed E-state index contributed by atoms with van der Waals surface area (Å²) in [6, 6.07) is 15.9. The molecular formula is C24H25ClN6O2S. The van der Waals surface area contributed by atoms with Crippen LogP contribution in [0.5, 0.6) is 0 Å². The maximum Gasteiger partial charge on any atom is 0.211 e. The van der Waals surface area contributed by atoms with Crippen LogP contribution in [-0.4, -0.2) is 57.6 Å². The molecule has 10 heteroatoms. The van der Waals surface area contributed by atoms with E-state index >= 15 is 0 Å². The van der Waals surface area contributed by atoms with Crippen molar-refractivity contribution in [1.29, 1.82) is 0 Å². The van der Waals surface area contributed by atoms with Crippen molar-refractivity contribution < 1.29 is 8.42 Å². The number of aromatic nitrogens is 4. The molecule has 3 heterocycles. The van der Waals surface area contributed by atoms with Crippen LogP contribution in [-0.2, 0) is 10.0 Å². The van der Waals surface area contributed by atoms with E-state index in [9.17, 15) is 8.42 Å². The van der Waals surface area contributed by atoms with Crippen molar-refractivity contribution in [3.8, 4) is 17.1 Å². The molecule has 1 saturated heterocycles. The van der Waals surface area contributed by atoms with Gasteiger partial charge in [0.15, 0.2) is 17.0 Å². The Hall–Kier alpha value is -3.01. The highest BCUT2D eigenvalue weighted by atomic mass is 35.5. The maximum absolute atomic E-state index is 11.8. The topological polar surface area (TPSA) is 93.0 Å². The van der Waals surface area contributed by atoms with Gasteiger partial charge in [-0.3, -0.25) is 4.57 Å². The standard InChI is InChI=1S/C24H25ClN6O2S/c1-16-7-9-18(10-8-16)31-23(19-5-3-4-6-20(19)25)29-21-22(26-15-27-24(21)31)28-17-11-13-30(14-12-17)34(2,32)33/h3-10,15,17H,11-14H2,1-2H3,(H,26,27,28). The van der Waals surface area contributed by atoms with E-state index in [0.29, 0.717) is 53.8 Å². The van der Waals surface area contributed by atoms with Crippen molar-refractivity contribution in [2.45, 2.75) is 25.8 Å². The smallest absolute Gasteiger partial charge is 0.211 e. The third-order valence-corrected chi connectivity index (χ3v) is 7.75. The molecule has 0 saturated carbocycles. The lowest BCUT2D eigenvalue weighted by Crippen LogP contribution is -2.41. The van der Waals surface area contributed by atoms with Crippen molar-refractivity contribution in [3.05, 3.63) is 65.4 Å². The SMILES string of the molecule is Cc1ccc(-n2c(-c3ccccc3Cl)nc3c(NC4CCN(S(C)(=O)=O)CC4)ncnc32)cc1. The Labute approximate surface area is 203 Å². The van der Waals surface area contributed by atoms with E-state index in [0.717, 1.165) is 16.8 Å². The number of rotatable bonds is 5. The second kappa shape index (κ2) is 8.98. The van der Waals surface area contributed by atoms with E-state index in [4.69, 9.17) is 16.6 Å². The molecule has 1 aliphatic heterocycles. The summed E-state index contributed by atoms with van der Waals surface area (Å²) in [4.78, 5) is 14.0. The van der Waals surface area contributed by atoms with E-state index in [-0.39, 0.29) is 6.04 Å². The van der Waals surface area contributed by atoms with Gasteiger partial charge in [0.05, 0.1) is 11.3 Å². The molecule has 0 spiro atoms. The lowest BCUT2D eigenvalue weighted by Gasteiger charge is -2.30. The highest BCUT2D eigenvalue weighted by molar-refractivity contribution is 7.88. The molecule has 1 N–H and O–H groups in total. The van der Waals surface area contributed by atoms with Gasteiger partial charge in [0, 0.05) is 30.4 Å². The normalized spacial score (nSPS) is 15.6. The number of nitrogens with zero attached hydrogens (tertiary/aromatic N) is 5. The van der Waals surface area contributed by atoms with Crippen LogP contribution < -0.4 is 5.32 Å². The summed E-state index contributed by atoms with van der Waals surface area (Å²) in [5.41, 5.74) is 4.20. The predicted molar refractivity (Wildman–Crippen MR) is 135 cm³/mol. The molecule has 0 unspecified atom stereocenters. The number of piperidine rings is 1. The lowest BCUT2D eigenvalue weighted by molar-refractivity contribution is 0.331. The first-order valence-electron chi connectivity index (χ1n) is 11.1. The predicted octanol–water partition coefficient (Wildman–Crippen LogP) is 4.28. The Balaban J connectivity index is 1.58. The highest BCUT2D eigenvalue weighted by Gasteiger charge is 2.26. The zero-order valence-corrected chi connectivity index (χ0v) is 20.5. The number of benzene rings is 2. The lowest BCUT2D eigenvalue weighted by atomic mass is 10.1. The van der Waals surface area contributed by atoms with Gasteiger partial charge >= 0.3 is 0 Å². The van der Waals surface area contributed by atoms with E-state index in [1.54, 1.807) is 0 Å². The Morgan fingerprint density at radius 3 is 2.41 bits per heavy atom. The molecule has 8 nitrogen and oxygen atoms in total. The Morgan fingerprint density at radius 1 is 1.03 bits per heavy atom. The van der Waals surface area contributed by atoms with Crippen LogP contribution in [0, 0.1) is 6.92 Å². The molecule has 34 heavy (non-hydrogen) atoms. The zero-order chi connectivity index (χ0) is 23.9. The second-order valence-corrected chi connectivity index (χ2v) is 11.0. The molecular weight excluding hydrogens is 472 g/mol. The minimum Gasteiger partial charge on any atom is -0.365 e. The van der Waals surface area contributed by atoms with Crippen LogP contribution in [0.3, 0.4) is 0 Å². The van der Waals surface area contributed by atoms with Crippen LogP contribution >= 0.6 is 11.6 Å². The molecule has 0 bridgehead atoms. The largest absolute Gasteiger partial charge is 0.365 e. The molecule has 176 valence electrons. The first-order chi connectivity index (χ1) is 16.3. The van der Waals surface area contributed by atoms with Gasteiger partial charge in [-0.15, -0.1) is 0 Å². The Morgan fingerprint density at radius 2 is 1.74 bits per heavy atom. The maximum atomic E-state index is 11.8. The summed E-state index contributed by atoms with van der Waals surface area (Å²) in [6.07, 6.45) is 4.16. The molecule has 0 amide bonds. The molecule has 2 aromatic carbocycles. The van der Waals surface area contributed by atoms with Crippen LogP contribution in [0.25, 0.3) is 28.2 Å². The third kappa shape index (κ3) is 4.38. The molecule has 0 atom stereocenters. The number of nitrogens with one attached hydrogen (secondary N) is 1. The first kappa shape index (κ1) is 22.8. The van der Waals surface area contributed by atoms with Crippen molar-refractivity contribution in [1.82, 2.24) is 23.8 Å². The molecule has 0 radical (unpaired) electrons. The molecule has 4 aromatic rings. The average molecular weight is 497 g/mol. The number of sulfonamides is 1. The zero-order valence-electron chi connectivity index (χ0n) is 18.9. The van der Waals surface area contributed by atoms with Gasteiger partial charge in [0.25, 0.3) is 0 Å². The Kier molecular flexibility index (Phi) is 6.01. The van der Waals surface area contributed by atoms with Gasteiger partial charge in [0.2, 0.25) is 10.0 Å². The fourth-order valence-corrected chi connectivity index (χ4v) is 5.38. The second-order valence-electron chi connectivity index (χ2n) is 8.56. The molecule has 1 aliphatic rings. The van der Waals surface area contributed by atoms with E-state index in [1.807, 2.05) is 60.0 Å². The summed E-state index contributed by atoms with van der Waals surface area (Å²) in [5.74, 6) is 1.31. The van der Waals surface area contributed by atoms with Crippen molar-refractivity contribution in [2.24, 2.45) is 0 Å². The number of fused-ring (bicyclic) bond motifs is 1. The van der Waals surface area contributed by atoms with Crippen LogP contribution in [0.15, 0.2) is 54.9 Å². The quantitative estimate of drug-likeness (QED) is 0.443. The first-order valence-corrected chi connectivity index (χ1v) is 13.3. The number of hydrogen-bond donors (Lipinski definition) is 1. The van der Waals surface area contributed by atoms with Gasteiger partial charge < -0.3 is 5.32 Å². The van der Waals surface area contributed by atoms with Crippen LogP contribution in [0.2, 0.25) is 5.02 Å². The number of halogens is 1. The van der Waals surface area contributed by atoms with Gasteiger partial charge in [0.1, 0.15) is 12.2 Å². The monoisotopic (exact) mass is 496 g/mol. The van der Waals surface area contributed by atoms with Gasteiger partial charge in [-0.25, -0.2) is 27.7 Å². The summed E-state index contributed by atoms with van der Waals surface area (Å²) < 4.78 is 27.2. The van der Waals surface area contributed by atoms with E-state index < -0.39 is 10.0 Å². The number of aryl methyl sites for hydroxylation is 1. The van der Waals surface area contributed by atoms with Crippen molar-refractivity contribution >= 4 is 38.6 Å². The summed E-state index contributed by atoms with van der Waals surface area (Å²) in [7, 11) is -3.18. The van der Waals surface area contributed by atoms with Crippen molar-refractivity contribution in [3.63, 3.8) is 0 Å². The number of anilines is 1. The molecule has 2 aromatic heterocycles. The average Bonchev–Trinajstić information content (AvgIpc) is 3.20. The minimum absolute atomic E-state index is 0.0874. The van der Waals surface area contributed by atoms with Gasteiger partial charge in [-0.05, 0) is 44.0 Å².